The van der Waals surface area contributed by atoms with E-state index in [-0.39, 0.29) is 0 Å². The monoisotopic (exact) mass is 259 g/mol. The van der Waals surface area contributed by atoms with Crippen molar-refractivity contribution < 1.29 is 4.74 Å². The number of para-hydroxylation sites is 1. The molecule has 1 N–H and O–H groups in total. The van der Waals surface area contributed by atoms with Gasteiger partial charge < -0.3 is 10.1 Å². The lowest BCUT2D eigenvalue weighted by Gasteiger charge is -2.13. The third-order valence-corrected chi connectivity index (χ3v) is 3.26. The molecule has 19 heavy (non-hydrogen) atoms. The maximum atomic E-state index is 5.35. The number of nitrogens with one attached hydrogen (secondary N) is 1. The zero-order valence-corrected chi connectivity index (χ0v) is 11.8. The smallest absolute Gasteiger partial charge is 0.122 e. The predicted octanol–water partition coefficient (Wildman–Crippen LogP) is 2.32. The molecule has 1 atom stereocenters. The normalized spacial score (nSPS) is 12.4. The van der Waals surface area contributed by atoms with Crippen LogP contribution < -0.4 is 10.1 Å². The molecule has 0 aliphatic heterocycles. The summed E-state index contributed by atoms with van der Waals surface area (Å²) in [6.07, 6.45) is 4.90. The molecule has 1 heterocycles. The molecule has 1 aromatic heterocycles. The first-order valence-electron chi connectivity index (χ1n) is 6.54. The van der Waals surface area contributed by atoms with E-state index < -0.39 is 0 Å². The van der Waals surface area contributed by atoms with Gasteiger partial charge in [-0.25, -0.2) is 0 Å². The number of methoxy groups -OCH3 is 1. The minimum absolute atomic E-state index is 0.309. The molecule has 4 nitrogen and oxygen atoms in total. The molecule has 4 heteroatoms. The van der Waals surface area contributed by atoms with Crippen LogP contribution in [0.5, 0.6) is 5.75 Å². The summed E-state index contributed by atoms with van der Waals surface area (Å²) in [6, 6.07) is 8.45. The van der Waals surface area contributed by atoms with E-state index in [1.165, 1.54) is 11.1 Å². The maximum absolute atomic E-state index is 5.35. The van der Waals surface area contributed by atoms with Crippen molar-refractivity contribution in [1.82, 2.24) is 15.1 Å². The summed E-state index contributed by atoms with van der Waals surface area (Å²) < 4.78 is 7.18. The number of aromatic nitrogens is 2. The second-order valence-electron chi connectivity index (χ2n) is 4.68. The molecular formula is C15H21N3O. The molecule has 0 radical (unpaired) electrons. The fourth-order valence-corrected chi connectivity index (χ4v) is 2.11. The molecule has 0 saturated heterocycles. The lowest BCUT2D eigenvalue weighted by molar-refractivity contribution is 0.408. The van der Waals surface area contributed by atoms with Crippen LogP contribution >= 0.6 is 0 Å². The third kappa shape index (κ3) is 3.58. The van der Waals surface area contributed by atoms with Crippen molar-refractivity contribution in [3.63, 3.8) is 0 Å². The van der Waals surface area contributed by atoms with Crippen LogP contribution in [0.4, 0.5) is 0 Å². The van der Waals surface area contributed by atoms with Crippen molar-refractivity contribution in [2.45, 2.75) is 19.4 Å². The lowest BCUT2D eigenvalue weighted by atomic mass is 10.1. The molecular weight excluding hydrogens is 238 g/mol. The highest BCUT2D eigenvalue weighted by Crippen LogP contribution is 2.18. The average Bonchev–Trinajstić information content (AvgIpc) is 2.86. The summed E-state index contributed by atoms with van der Waals surface area (Å²) in [4.78, 5) is 0. The van der Waals surface area contributed by atoms with Crippen LogP contribution in [0.3, 0.4) is 0 Å². The van der Waals surface area contributed by atoms with Crippen molar-refractivity contribution in [2.24, 2.45) is 7.05 Å². The first-order valence-corrected chi connectivity index (χ1v) is 6.54. The molecule has 0 amide bonds. The van der Waals surface area contributed by atoms with Crippen molar-refractivity contribution in [1.29, 1.82) is 0 Å². The van der Waals surface area contributed by atoms with Crippen molar-refractivity contribution in [3.05, 3.63) is 47.8 Å². The number of benzene rings is 1. The van der Waals surface area contributed by atoms with E-state index in [2.05, 4.69) is 23.4 Å². The van der Waals surface area contributed by atoms with E-state index in [0.29, 0.717) is 6.04 Å². The third-order valence-electron chi connectivity index (χ3n) is 3.26. The van der Waals surface area contributed by atoms with Gasteiger partial charge in [0.15, 0.2) is 0 Å². The van der Waals surface area contributed by atoms with Gasteiger partial charge in [0.05, 0.1) is 13.3 Å². The zero-order chi connectivity index (χ0) is 13.7. The standard InChI is InChI=1S/C15H21N3O/c1-12(14-10-17-18(2)11-14)16-9-8-13-6-4-5-7-15(13)19-3/h4-7,10-12,16H,8-9H2,1-3H3. The second kappa shape index (κ2) is 6.38. The Morgan fingerprint density at radius 1 is 1.37 bits per heavy atom. The highest BCUT2D eigenvalue weighted by atomic mass is 16.5. The fourth-order valence-electron chi connectivity index (χ4n) is 2.11. The molecule has 0 saturated carbocycles. The number of hydrogen-bond donors (Lipinski definition) is 1. The molecule has 0 aliphatic rings. The quantitative estimate of drug-likeness (QED) is 0.865. The number of hydrogen-bond acceptors (Lipinski definition) is 3. The maximum Gasteiger partial charge on any atom is 0.122 e. The summed E-state index contributed by atoms with van der Waals surface area (Å²) in [7, 11) is 3.65. The van der Waals surface area contributed by atoms with Gasteiger partial charge in [0.25, 0.3) is 0 Å². The summed E-state index contributed by atoms with van der Waals surface area (Å²) in [5.74, 6) is 0.957. The highest BCUT2D eigenvalue weighted by Gasteiger charge is 2.07. The van der Waals surface area contributed by atoms with Gasteiger partial charge in [0.1, 0.15) is 5.75 Å². The molecule has 0 aliphatic carbocycles. The van der Waals surface area contributed by atoms with E-state index in [0.717, 1.165) is 18.7 Å². The Hall–Kier alpha value is -1.81. The van der Waals surface area contributed by atoms with Crippen molar-refractivity contribution in [2.75, 3.05) is 13.7 Å². The van der Waals surface area contributed by atoms with Gasteiger partial charge in [0.2, 0.25) is 0 Å². The van der Waals surface area contributed by atoms with Gasteiger partial charge in [-0.05, 0) is 31.5 Å². The Kier molecular flexibility index (Phi) is 4.58. The van der Waals surface area contributed by atoms with Crippen LogP contribution in [0.25, 0.3) is 0 Å². The Morgan fingerprint density at radius 3 is 2.84 bits per heavy atom. The van der Waals surface area contributed by atoms with E-state index in [9.17, 15) is 0 Å². The largest absolute Gasteiger partial charge is 0.496 e. The number of rotatable bonds is 6. The Labute approximate surface area is 114 Å². The van der Waals surface area contributed by atoms with Gasteiger partial charge in [-0.1, -0.05) is 18.2 Å². The topological polar surface area (TPSA) is 39.1 Å². The van der Waals surface area contributed by atoms with Gasteiger partial charge in [-0.2, -0.15) is 5.10 Å². The SMILES string of the molecule is COc1ccccc1CCNC(C)c1cnn(C)c1. The molecule has 2 aromatic rings. The van der Waals surface area contributed by atoms with E-state index in [1.807, 2.05) is 42.3 Å². The van der Waals surface area contributed by atoms with E-state index >= 15 is 0 Å². The van der Waals surface area contributed by atoms with Crippen molar-refractivity contribution >= 4 is 0 Å². The van der Waals surface area contributed by atoms with Crippen LogP contribution in [0.15, 0.2) is 36.7 Å². The van der Waals surface area contributed by atoms with Crippen LogP contribution in [0, 0.1) is 0 Å². The van der Waals surface area contributed by atoms with Crippen molar-refractivity contribution in [3.8, 4) is 5.75 Å². The molecule has 0 bridgehead atoms. The van der Waals surface area contributed by atoms with Crippen LogP contribution in [-0.4, -0.2) is 23.4 Å². The van der Waals surface area contributed by atoms with Gasteiger partial charge >= 0.3 is 0 Å². The van der Waals surface area contributed by atoms with E-state index in [4.69, 9.17) is 4.74 Å². The minimum Gasteiger partial charge on any atom is -0.496 e. The van der Waals surface area contributed by atoms with Crippen LogP contribution in [-0.2, 0) is 13.5 Å². The lowest BCUT2D eigenvalue weighted by Crippen LogP contribution is -2.21. The van der Waals surface area contributed by atoms with Gasteiger partial charge in [-0.15, -0.1) is 0 Å². The molecule has 0 fully saturated rings. The van der Waals surface area contributed by atoms with Crippen LogP contribution in [0.1, 0.15) is 24.1 Å². The first-order chi connectivity index (χ1) is 9.20. The van der Waals surface area contributed by atoms with Gasteiger partial charge in [-0.3, -0.25) is 4.68 Å². The zero-order valence-electron chi connectivity index (χ0n) is 11.8. The minimum atomic E-state index is 0.309. The molecule has 1 unspecified atom stereocenters. The summed E-state index contributed by atoms with van der Waals surface area (Å²) in [5.41, 5.74) is 2.44. The van der Waals surface area contributed by atoms with Gasteiger partial charge in [0, 0.05) is 24.8 Å². The molecule has 1 aromatic carbocycles. The summed E-state index contributed by atoms with van der Waals surface area (Å²) in [5, 5.41) is 7.69. The molecule has 2 rings (SSSR count). The number of ether oxygens (including phenoxy) is 1. The van der Waals surface area contributed by atoms with E-state index in [1.54, 1.807) is 7.11 Å². The number of nitrogens with zero attached hydrogens (tertiary/aromatic N) is 2. The Balaban J connectivity index is 1.86. The highest BCUT2D eigenvalue weighted by molar-refractivity contribution is 5.33. The average molecular weight is 259 g/mol. The second-order valence-corrected chi connectivity index (χ2v) is 4.68. The van der Waals surface area contributed by atoms with Crippen LogP contribution in [0.2, 0.25) is 0 Å². The summed E-state index contributed by atoms with van der Waals surface area (Å²) >= 11 is 0. The summed E-state index contributed by atoms with van der Waals surface area (Å²) in [6.45, 7) is 3.07. The first kappa shape index (κ1) is 13.6. The number of aryl methyl sites for hydroxylation is 1. The molecule has 102 valence electrons. The Morgan fingerprint density at radius 2 is 2.16 bits per heavy atom. The molecule has 0 spiro atoms. The Bertz CT molecular complexity index is 522. The predicted molar refractivity (Wildman–Crippen MR) is 76.3 cm³/mol. The fraction of sp³-hybridized carbons (Fsp3) is 0.400.